The minimum Gasteiger partial charge on any atom is -0.383 e. The molecule has 7 aromatic carbocycles. The summed E-state index contributed by atoms with van der Waals surface area (Å²) in [6.45, 7) is 0. The topological polar surface area (TPSA) is 60.3 Å². The van der Waals surface area contributed by atoms with Gasteiger partial charge in [-0.25, -0.2) is 4.99 Å². The van der Waals surface area contributed by atoms with Gasteiger partial charge in [-0.1, -0.05) is 115 Å². The first-order chi connectivity index (χ1) is 26.2. The second-order valence-electron chi connectivity index (χ2n) is 13.5. The molecule has 0 bridgehead atoms. The number of nitrogens with zero attached hydrogens (tertiary/aromatic N) is 3. The molecule has 53 heavy (non-hydrogen) atoms. The fraction of sp³-hybridized carbons (Fsp3) is 0.0208. The van der Waals surface area contributed by atoms with Crippen LogP contribution in [0.5, 0.6) is 0 Å². The Hall–Kier alpha value is -7.11. The summed E-state index contributed by atoms with van der Waals surface area (Å²) in [5, 5.41) is 9.56. The average molecular weight is 682 g/mol. The molecule has 0 spiro atoms. The fourth-order valence-corrected chi connectivity index (χ4v) is 7.91. The second kappa shape index (κ2) is 12.6. The van der Waals surface area contributed by atoms with Gasteiger partial charge in [-0.15, -0.1) is 0 Å². The molecule has 0 saturated heterocycles. The van der Waals surface area contributed by atoms with E-state index in [1.807, 2.05) is 12.3 Å². The van der Waals surface area contributed by atoms with Gasteiger partial charge in [0.15, 0.2) is 0 Å². The molecule has 0 amide bonds. The maximum absolute atomic E-state index is 6.75. The van der Waals surface area contributed by atoms with Crippen molar-refractivity contribution in [3.63, 3.8) is 0 Å². The molecule has 3 heterocycles. The van der Waals surface area contributed by atoms with Crippen molar-refractivity contribution in [2.75, 3.05) is 0 Å². The number of hydrogen-bond donors (Lipinski definition) is 2. The highest BCUT2D eigenvalue weighted by Gasteiger charge is 2.19. The summed E-state index contributed by atoms with van der Waals surface area (Å²) in [6, 6.07) is 58.0. The minimum atomic E-state index is -0.317. The van der Waals surface area contributed by atoms with Crippen LogP contribution in [0.2, 0.25) is 0 Å². The first-order valence-electron chi connectivity index (χ1n) is 18.0. The van der Waals surface area contributed by atoms with Crippen molar-refractivity contribution >= 4 is 54.9 Å². The van der Waals surface area contributed by atoms with Crippen LogP contribution in [-0.4, -0.2) is 21.1 Å². The molecule has 0 saturated carbocycles. The highest BCUT2D eigenvalue weighted by Crippen LogP contribution is 2.38. The molecule has 5 heteroatoms. The van der Waals surface area contributed by atoms with Gasteiger partial charge < -0.3 is 20.2 Å². The Labute approximate surface area is 307 Å². The van der Waals surface area contributed by atoms with Crippen molar-refractivity contribution in [1.29, 1.82) is 0 Å². The monoisotopic (exact) mass is 681 g/mol. The van der Waals surface area contributed by atoms with E-state index in [1.54, 1.807) is 0 Å². The normalized spacial score (nSPS) is 14.6. The SMILES string of the molecule is N/C(=N\C1NC=CC=C1c1ccc(-c2cccc3ccccc23)cc1)c1ccc(-n2c3ccccc3c3ccc4c(ccn4-c4ccccc4)c32)cc1. The van der Waals surface area contributed by atoms with Crippen molar-refractivity contribution < 1.29 is 0 Å². The first kappa shape index (κ1) is 30.7. The third-order valence-corrected chi connectivity index (χ3v) is 10.5. The highest BCUT2D eigenvalue weighted by atomic mass is 15.1. The molecule has 1 aliphatic heterocycles. The van der Waals surface area contributed by atoms with Crippen LogP contribution in [0.25, 0.3) is 71.6 Å². The number of dihydropyridines is 1. The molecule has 10 rings (SSSR count). The molecule has 9 aromatic rings. The van der Waals surface area contributed by atoms with Crippen LogP contribution in [-0.2, 0) is 0 Å². The lowest BCUT2D eigenvalue weighted by atomic mass is 9.95. The van der Waals surface area contributed by atoms with Gasteiger partial charge in [0.1, 0.15) is 12.0 Å². The van der Waals surface area contributed by atoms with Gasteiger partial charge >= 0.3 is 0 Å². The smallest absolute Gasteiger partial charge is 0.147 e. The number of aromatic nitrogens is 2. The molecule has 3 N–H and O–H groups in total. The summed E-state index contributed by atoms with van der Waals surface area (Å²) in [6.07, 6.45) is 7.90. The van der Waals surface area contributed by atoms with Crippen molar-refractivity contribution in [2.24, 2.45) is 10.7 Å². The van der Waals surface area contributed by atoms with Crippen LogP contribution in [0.1, 0.15) is 11.1 Å². The number of allylic oxidation sites excluding steroid dienone is 2. The first-order valence-corrected chi connectivity index (χ1v) is 18.0. The lowest BCUT2D eigenvalue weighted by molar-refractivity contribution is 0.746. The van der Waals surface area contributed by atoms with E-state index in [9.17, 15) is 0 Å². The number of para-hydroxylation sites is 2. The Morgan fingerprint density at radius 3 is 2.15 bits per heavy atom. The van der Waals surface area contributed by atoms with Gasteiger partial charge in [-0.05, 0) is 94.3 Å². The van der Waals surface area contributed by atoms with Crippen LogP contribution in [0.4, 0.5) is 0 Å². The highest BCUT2D eigenvalue weighted by molar-refractivity contribution is 6.18. The number of nitrogens with one attached hydrogen (secondary N) is 1. The van der Waals surface area contributed by atoms with Gasteiger partial charge in [0, 0.05) is 44.9 Å². The standard InChI is InChI=1S/C48H35N5/c49-47(51-48-40(17-9-30-50-48)34-21-19-33(20-22-34)39-16-8-11-32-10-4-5-14-38(32)39)35-23-25-37(26-24-35)53-45-18-7-6-15-41(45)42-27-28-44-43(46(42)53)29-31-52(44)36-12-2-1-3-13-36/h1-31,48,50H,(H2,49,51). The van der Waals surface area contributed by atoms with Crippen LogP contribution in [0.3, 0.4) is 0 Å². The zero-order chi connectivity index (χ0) is 35.3. The molecule has 0 radical (unpaired) electrons. The predicted molar refractivity (Wildman–Crippen MR) is 222 cm³/mol. The number of hydrogen-bond acceptors (Lipinski definition) is 2. The average Bonchev–Trinajstić information content (AvgIpc) is 3.81. The summed E-state index contributed by atoms with van der Waals surface area (Å²) >= 11 is 0. The summed E-state index contributed by atoms with van der Waals surface area (Å²) in [4.78, 5) is 5.00. The Bertz CT molecular complexity index is 2900. The molecule has 0 aliphatic carbocycles. The van der Waals surface area contributed by atoms with E-state index in [-0.39, 0.29) is 6.17 Å². The molecular weight excluding hydrogens is 647 g/mol. The summed E-state index contributed by atoms with van der Waals surface area (Å²) in [5.74, 6) is 0.479. The minimum absolute atomic E-state index is 0.317. The van der Waals surface area contributed by atoms with E-state index < -0.39 is 0 Å². The van der Waals surface area contributed by atoms with E-state index in [0.29, 0.717) is 5.84 Å². The van der Waals surface area contributed by atoms with Crippen LogP contribution >= 0.6 is 0 Å². The summed E-state index contributed by atoms with van der Waals surface area (Å²) in [5.41, 5.74) is 17.9. The zero-order valence-electron chi connectivity index (χ0n) is 28.9. The molecule has 252 valence electrons. The molecule has 1 aliphatic rings. The number of benzene rings is 7. The Morgan fingerprint density at radius 2 is 1.30 bits per heavy atom. The fourth-order valence-electron chi connectivity index (χ4n) is 7.91. The largest absolute Gasteiger partial charge is 0.383 e. The third-order valence-electron chi connectivity index (χ3n) is 10.5. The molecular formula is C48H35N5. The van der Waals surface area contributed by atoms with Crippen molar-refractivity contribution in [3.8, 4) is 22.5 Å². The van der Waals surface area contributed by atoms with Crippen LogP contribution in [0, 0.1) is 0 Å². The molecule has 1 unspecified atom stereocenters. The molecule has 1 atom stereocenters. The molecule has 2 aromatic heterocycles. The van der Waals surface area contributed by atoms with Gasteiger partial charge in [0.25, 0.3) is 0 Å². The van der Waals surface area contributed by atoms with E-state index in [2.05, 4.69) is 191 Å². The predicted octanol–water partition coefficient (Wildman–Crippen LogP) is 10.8. The number of amidine groups is 1. The van der Waals surface area contributed by atoms with Crippen LogP contribution in [0.15, 0.2) is 193 Å². The van der Waals surface area contributed by atoms with Gasteiger partial charge in [0.2, 0.25) is 0 Å². The van der Waals surface area contributed by atoms with Gasteiger partial charge in [-0.2, -0.15) is 0 Å². The summed E-state index contributed by atoms with van der Waals surface area (Å²) < 4.78 is 4.63. The van der Waals surface area contributed by atoms with Gasteiger partial charge in [-0.3, -0.25) is 0 Å². The maximum Gasteiger partial charge on any atom is 0.147 e. The van der Waals surface area contributed by atoms with Crippen molar-refractivity contribution in [2.45, 2.75) is 6.17 Å². The molecule has 5 nitrogen and oxygen atoms in total. The van der Waals surface area contributed by atoms with E-state index in [4.69, 9.17) is 10.7 Å². The maximum atomic E-state index is 6.75. The van der Waals surface area contributed by atoms with Crippen LogP contribution < -0.4 is 11.1 Å². The number of nitrogens with two attached hydrogens (primary N) is 1. The van der Waals surface area contributed by atoms with Crippen molar-refractivity contribution in [3.05, 3.63) is 199 Å². The number of fused-ring (bicyclic) bond motifs is 6. The number of rotatable bonds is 6. The lowest BCUT2D eigenvalue weighted by Gasteiger charge is -2.21. The molecule has 0 fully saturated rings. The van der Waals surface area contributed by atoms with E-state index in [1.165, 1.54) is 49.1 Å². The lowest BCUT2D eigenvalue weighted by Crippen LogP contribution is -2.29. The Kier molecular flexibility index (Phi) is 7.29. The zero-order valence-corrected chi connectivity index (χ0v) is 28.9. The third kappa shape index (κ3) is 5.21. The summed E-state index contributed by atoms with van der Waals surface area (Å²) in [7, 11) is 0. The van der Waals surface area contributed by atoms with E-state index >= 15 is 0 Å². The number of aliphatic imine (C=N–C) groups is 1. The van der Waals surface area contributed by atoms with Gasteiger partial charge in [0.05, 0.1) is 16.6 Å². The second-order valence-corrected chi connectivity index (χ2v) is 13.5. The van der Waals surface area contributed by atoms with E-state index in [0.717, 1.165) is 33.6 Å². The quantitative estimate of drug-likeness (QED) is 0.136. The van der Waals surface area contributed by atoms with Crippen molar-refractivity contribution in [1.82, 2.24) is 14.5 Å². The Balaban J connectivity index is 0.981. The Morgan fingerprint density at radius 1 is 0.566 bits per heavy atom.